The van der Waals surface area contributed by atoms with E-state index in [1.807, 2.05) is 0 Å². The molecule has 0 aromatic carbocycles. The van der Waals surface area contributed by atoms with Crippen LogP contribution in [0.5, 0.6) is 0 Å². The van der Waals surface area contributed by atoms with Crippen LogP contribution in [0.2, 0.25) is 0 Å². The lowest BCUT2D eigenvalue weighted by Gasteiger charge is -2.23. The summed E-state index contributed by atoms with van der Waals surface area (Å²) in [4.78, 5) is 75.9. The van der Waals surface area contributed by atoms with Crippen molar-refractivity contribution in [1.29, 1.82) is 0 Å². The van der Waals surface area contributed by atoms with E-state index >= 15 is 0 Å². The Kier molecular flexibility index (Phi) is 11.2. The van der Waals surface area contributed by atoms with Crippen LogP contribution in [0.4, 0.5) is 0 Å². The topological polar surface area (TPSA) is 154 Å². The SMILES string of the molecule is CC(=O)NCCCCC(C(=O)NCC(=O)NCCC(=O)ON1C(=O)CCC1=O)N(C)C. The molecule has 12 nitrogen and oxygen atoms in total. The Morgan fingerprint density at radius 2 is 1.65 bits per heavy atom. The van der Waals surface area contributed by atoms with Gasteiger partial charge in [0.25, 0.3) is 11.8 Å². The van der Waals surface area contributed by atoms with Crippen molar-refractivity contribution in [2.24, 2.45) is 0 Å². The molecule has 1 saturated heterocycles. The van der Waals surface area contributed by atoms with Crippen LogP contribution in [-0.4, -0.2) is 85.2 Å². The molecule has 0 radical (unpaired) electrons. The molecule has 31 heavy (non-hydrogen) atoms. The fraction of sp³-hybridized carbons (Fsp3) is 0.684. The van der Waals surface area contributed by atoms with Gasteiger partial charge in [0.05, 0.1) is 19.0 Å². The third-order valence-electron chi connectivity index (χ3n) is 4.48. The van der Waals surface area contributed by atoms with Crippen LogP contribution in [0.1, 0.15) is 45.4 Å². The highest BCUT2D eigenvalue weighted by Crippen LogP contribution is 2.12. The Bertz CT molecular complexity index is 679. The highest BCUT2D eigenvalue weighted by Gasteiger charge is 2.32. The van der Waals surface area contributed by atoms with Crippen molar-refractivity contribution < 1.29 is 33.6 Å². The minimum atomic E-state index is -0.820. The predicted octanol–water partition coefficient (Wildman–Crippen LogP) is -1.55. The van der Waals surface area contributed by atoms with Crippen LogP contribution in [0.3, 0.4) is 0 Å². The first-order valence-corrected chi connectivity index (χ1v) is 10.1. The lowest BCUT2D eigenvalue weighted by molar-refractivity contribution is -0.197. The van der Waals surface area contributed by atoms with Crippen LogP contribution >= 0.6 is 0 Å². The van der Waals surface area contributed by atoms with Crippen molar-refractivity contribution >= 4 is 35.5 Å². The van der Waals surface area contributed by atoms with Gasteiger partial charge in [-0.05, 0) is 33.4 Å². The van der Waals surface area contributed by atoms with E-state index in [4.69, 9.17) is 0 Å². The van der Waals surface area contributed by atoms with Crippen molar-refractivity contribution in [2.75, 3.05) is 33.7 Å². The van der Waals surface area contributed by atoms with Crippen molar-refractivity contribution in [2.45, 2.75) is 51.5 Å². The highest BCUT2D eigenvalue weighted by atomic mass is 16.7. The molecular formula is C19H31N5O7. The first kappa shape index (κ1) is 26.0. The van der Waals surface area contributed by atoms with Crippen LogP contribution in [-0.2, 0) is 33.6 Å². The van der Waals surface area contributed by atoms with E-state index in [9.17, 15) is 28.8 Å². The van der Waals surface area contributed by atoms with Crippen LogP contribution < -0.4 is 16.0 Å². The Hall–Kier alpha value is -3.02. The molecule has 174 valence electrons. The molecule has 5 amide bonds. The second kappa shape index (κ2) is 13.3. The standard InChI is InChI=1S/C19H31N5O7/c1-13(25)20-10-5-4-6-14(23(2)3)19(30)22-12-15(26)21-11-9-18(29)31-24-16(27)7-8-17(24)28/h14H,4-12H2,1-3H3,(H,20,25)(H,21,26)(H,22,30). The summed E-state index contributed by atoms with van der Waals surface area (Å²) in [5.74, 6) is -2.85. The van der Waals surface area contributed by atoms with Gasteiger partial charge in [-0.2, -0.15) is 0 Å². The molecule has 1 aliphatic rings. The highest BCUT2D eigenvalue weighted by molar-refractivity contribution is 6.01. The number of hydrogen-bond donors (Lipinski definition) is 3. The minimum Gasteiger partial charge on any atom is -0.356 e. The van der Waals surface area contributed by atoms with Crippen LogP contribution in [0.25, 0.3) is 0 Å². The molecule has 0 spiro atoms. The Morgan fingerprint density at radius 3 is 2.23 bits per heavy atom. The second-order valence-electron chi connectivity index (χ2n) is 7.32. The van der Waals surface area contributed by atoms with E-state index < -0.39 is 29.7 Å². The van der Waals surface area contributed by atoms with Gasteiger partial charge < -0.3 is 20.8 Å². The van der Waals surface area contributed by atoms with Gasteiger partial charge >= 0.3 is 5.97 Å². The number of likely N-dealkylation sites (N-methyl/N-ethyl adjacent to an activating group) is 1. The summed E-state index contributed by atoms with van der Waals surface area (Å²) in [5.41, 5.74) is 0. The summed E-state index contributed by atoms with van der Waals surface area (Å²) in [6.07, 6.45) is 1.82. The van der Waals surface area contributed by atoms with E-state index in [2.05, 4.69) is 20.8 Å². The Labute approximate surface area is 181 Å². The zero-order chi connectivity index (χ0) is 23.4. The largest absolute Gasteiger partial charge is 0.356 e. The zero-order valence-corrected chi connectivity index (χ0v) is 18.2. The molecule has 0 aromatic rings. The van der Waals surface area contributed by atoms with Gasteiger partial charge in [0.1, 0.15) is 0 Å². The lowest BCUT2D eigenvalue weighted by atomic mass is 10.1. The number of nitrogens with one attached hydrogen (secondary N) is 3. The van der Waals surface area contributed by atoms with Crippen molar-refractivity contribution in [3.05, 3.63) is 0 Å². The van der Waals surface area contributed by atoms with Gasteiger partial charge in [-0.1, -0.05) is 0 Å². The second-order valence-corrected chi connectivity index (χ2v) is 7.32. The smallest absolute Gasteiger partial charge is 0.334 e. The van der Waals surface area contributed by atoms with Crippen LogP contribution in [0.15, 0.2) is 0 Å². The molecule has 0 aliphatic carbocycles. The molecule has 1 unspecified atom stereocenters. The number of imide groups is 1. The third kappa shape index (κ3) is 10.0. The maximum atomic E-state index is 12.4. The number of carbonyl (C=O) groups is 6. The lowest BCUT2D eigenvalue weighted by Crippen LogP contribution is -2.47. The zero-order valence-electron chi connectivity index (χ0n) is 18.2. The fourth-order valence-corrected chi connectivity index (χ4v) is 2.81. The molecule has 1 heterocycles. The molecule has 12 heteroatoms. The van der Waals surface area contributed by atoms with Crippen molar-refractivity contribution in [3.8, 4) is 0 Å². The summed E-state index contributed by atoms with van der Waals surface area (Å²) >= 11 is 0. The number of nitrogens with zero attached hydrogens (tertiary/aromatic N) is 2. The molecule has 0 aromatic heterocycles. The summed E-state index contributed by atoms with van der Waals surface area (Å²) < 4.78 is 0. The average molecular weight is 441 g/mol. The van der Waals surface area contributed by atoms with Gasteiger partial charge in [-0.25, -0.2) is 4.79 Å². The van der Waals surface area contributed by atoms with E-state index in [1.165, 1.54) is 6.92 Å². The molecule has 0 saturated carbocycles. The number of carbonyl (C=O) groups excluding carboxylic acids is 6. The number of hydroxylamine groups is 2. The molecular weight excluding hydrogens is 410 g/mol. The van der Waals surface area contributed by atoms with E-state index in [0.29, 0.717) is 18.0 Å². The quantitative estimate of drug-likeness (QED) is 0.229. The summed E-state index contributed by atoms with van der Waals surface area (Å²) in [6.45, 7) is 1.67. The molecule has 0 bridgehead atoms. The van der Waals surface area contributed by atoms with Gasteiger partial charge in [-0.15, -0.1) is 5.06 Å². The monoisotopic (exact) mass is 441 g/mol. The summed E-state index contributed by atoms with van der Waals surface area (Å²) in [7, 11) is 3.53. The van der Waals surface area contributed by atoms with E-state index in [1.54, 1.807) is 19.0 Å². The molecule has 1 atom stereocenters. The number of amides is 5. The van der Waals surface area contributed by atoms with Crippen molar-refractivity contribution in [1.82, 2.24) is 25.9 Å². The first-order valence-electron chi connectivity index (χ1n) is 10.1. The summed E-state index contributed by atoms with van der Waals surface area (Å²) in [6, 6.07) is -0.421. The van der Waals surface area contributed by atoms with Gasteiger partial charge in [0.15, 0.2) is 0 Å². The Morgan fingerprint density at radius 1 is 1.00 bits per heavy atom. The average Bonchev–Trinajstić information content (AvgIpc) is 3.00. The van der Waals surface area contributed by atoms with Crippen LogP contribution in [0, 0.1) is 0 Å². The first-order chi connectivity index (χ1) is 14.6. The van der Waals surface area contributed by atoms with Gasteiger partial charge in [-0.3, -0.25) is 28.9 Å². The molecule has 1 rings (SSSR count). The van der Waals surface area contributed by atoms with Gasteiger partial charge in [0, 0.05) is 32.9 Å². The Balaban J connectivity index is 2.25. The van der Waals surface area contributed by atoms with E-state index in [-0.39, 0.29) is 44.2 Å². The number of rotatable bonds is 13. The molecule has 3 N–H and O–H groups in total. The maximum absolute atomic E-state index is 12.4. The maximum Gasteiger partial charge on any atom is 0.334 e. The van der Waals surface area contributed by atoms with E-state index in [0.717, 1.165) is 12.8 Å². The number of hydrogen-bond acceptors (Lipinski definition) is 8. The predicted molar refractivity (Wildman–Crippen MR) is 108 cm³/mol. The number of unbranched alkanes of at least 4 members (excludes halogenated alkanes) is 1. The molecule has 1 aliphatic heterocycles. The normalized spacial score (nSPS) is 14.4. The third-order valence-corrected chi connectivity index (χ3v) is 4.48. The minimum absolute atomic E-state index is 0.00575. The fourth-order valence-electron chi connectivity index (χ4n) is 2.81. The molecule has 1 fully saturated rings. The summed E-state index contributed by atoms with van der Waals surface area (Å²) in [5, 5.41) is 8.15. The van der Waals surface area contributed by atoms with Crippen molar-refractivity contribution in [3.63, 3.8) is 0 Å². The van der Waals surface area contributed by atoms with Gasteiger partial charge in [0.2, 0.25) is 17.7 Å².